The fourth-order valence-corrected chi connectivity index (χ4v) is 5.82. The van der Waals surface area contributed by atoms with E-state index in [1.807, 2.05) is 0 Å². The van der Waals surface area contributed by atoms with Gasteiger partial charge in [-0.3, -0.25) is 9.59 Å². The van der Waals surface area contributed by atoms with Gasteiger partial charge in [-0.1, -0.05) is 141 Å². The van der Waals surface area contributed by atoms with Gasteiger partial charge < -0.3 is 28.3 Å². The third-order valence-electron chi connectivity index (χ3n) is 8.43. The number of rotatable bonds is 36. The second kappa shape index (κ2) is 42.3. The van der Waals surface area contributed by atoms with Gasteiger partial charge in [-0.25, -0.2) is 0 Å². The molecular weight excluding hydrogens is 673 g/mol. The SMILES string of the molecule is CCCCCCCC/C=C/CCCCCCCC(=O)OCC(COP(=O)([O-])[O-])OC(=O)CCCCCCC/C=C/CCCCCCCC.[Na+].[Na+]. The number of unbranched alkanes of at least 4 members (excludes halogenated alkanes) is 22. The van der Waals surface area contributed by atoms with Crippen LogP contribution in [0.1, 0.15) is 194 Å². The molecule has 0 aromatic carbocycles. The molecule has 282 valence electrons. The number of carbonyl (C=O) groups excluding carboxylic acids is 2. The summed E-state index contributed by atoms with van der Waals surface area (Å²) < 4.78 is 25.8. The van der Waals surface area contributed by atoms with Crippen molar-refractivity contribution < 1.29 is 97.1 Å². The van der Waals surface area contributed by atoms with Gasteiger partial charge in [-0.2, -0.15) is 0 Å². The van der Waals surface area contributed by atoms with Gasteiger partial charge in [0.25, 0.3) is 0 Å². The molecule has 0 heterocycles. The first-order chi connectivity index (χ1) is 23.3. The molecule has 11 heteroatoms. The summed E-state index contributed by atoms with van der Waals surface area (Å²) in [6.07, 6.45) is 38.5. The molecule has 0 aromatic rings. The van der Waals surface area contributed by atoms with Gasteiger partial charge in [0.2, 0.25) is 0 Å². The number of ether oxygens (including phenoxy) is 2. The molecule has 1 unspecified atom stereocenters. The molecule has 0 saturated heterocycles. The molecule has 0 spiro atoms. The monoisotopic (exact) mass is 744 g/mol. The van der Waals surface area contributed by atoms with Crippen molar-refractivity contribution in [2.75, 3.05) is 13.2 Å². The summed E-state index contributed by atoms with van der Waals surface area (Å²) in [6.45, 7) is 3.47. The van der Waals surface area contributed by atoms with Gasteiger partial charge in [0.05, 0.1) is 14.4 Å². The van der Waals surface area contributed by atoms with Gasteiger partial charge in [0.1, 0.15) is 6.61 Å². The molecular formula is C39H71Na2O8P. The van der Waals surface area contributed by atoms with Crippen molar-refractivity contribution in [3.63, 3.8) is 0 Å². The number of carbonyl (C=O) groups is 2. The average molecular weight is 745 g/mol. The van der Waals surface area contributed by atoms with Crippen molar-refractivity contribution in [3.8, 4) is 0 Å². The van der Waals surface area contributed by atoms with Crippen molar-refractivity contribution in [1.82, 2.24) is 0 Å². The average Bonchev–Trinajstić information content (AvgIpc) is 3.05. The largest absolute Gasteiger partial charge is 1.00 e. The Labute approximate surface area is 351 Å². The van der Waals surface area contributed by atoms with Crippen LogP contribution in [0.4, 0.5) is 0 Å². The first kappa shape index (κ1) is 54.9. The van der Waals surface area contributed by atoms with E-state index < -0.39 is 32.5 Å². The minimum atomic E-state index is -5.25. The third-order valence-corrected chi connectivity index (χ3v) is 8.90. The molecule has 0 bridgehead atoms. The van der Waals surface area contributed by atoms with E-state index in [1.165, 1.54) is 89.9 Å². The van der Waals surface area contributed by atoms with Crippen LogP contribution in [0.2, 0.25) is 0 Å². The van der Waals surface area contributed by atoms with E-state index in [9.17, 15) is 23.9 Å². The Morgan fingerprint density at radius 1 is 0.520 bits per heavy atom. The van der Waals surface area contributed by atoms with E-state index in [0.717, 1.165) is 64.2 Å². The number of hydrogen-bond acceptors (Lipinski definition) is 8. The quantitative estimate of drug-likeness (QED) is 0.0305. The summed E-state index contributed by atoms with van der Waals surface area (Å²) in [7, 11) is -5.25. The normalized spacial score (nSPS) is 12.2. The molecule has 50 heavy (non-hydrogen) atoms. The van der Waals surface area contributed by atoms with Crippen LogP contribution in [0.15, 0.2) is 24.3 Å². The molecule has 0 radical (unpaired) electrons. The molecule has 0 N–H and O–H groups in total. The van der Waals surface area contributed by atoms with Crippen LogP contribution >= 0.6 is 7.82 Å². The first-order valence-corrected chi connectivity index (χ1v) is 21.1. The Balaban J connectivity index is -0.0000110. The third kappa shape index (κ3) is 44.7. The van der Waals surface area contributed by atoms with Crippen molar-refractivity contribution in [2.45, 2.75) is 200 Å². The zero-order valence-corrected chi connectivity index (χ0v) is 37.7. The number of phosphoric acid groups is 1. The van der Waals surface area contributed by atoms with Gasteiger partial charge in [-0.05, 0) is 64.2 Å². The van der Waals surface area contributed by atoms with E-state index in [-0.39, 0.29) is 78.6 Å². The van der Waals surface area contributed by atoms with E-state index in [4.69, 9.17) is 9.47 Å². The van der Waals surface area contributed by atoms with Gasteiger partial charge in [0.15, 0.2) is 6.10 Å². The maximum Gasteiger partial charge on any atom is 1.00 e. The van der Waals surface area contributed by atoms with Gasteiger partial charge in [0, 0.05) is 12.8 Å². The maximum atomic E-state index is 12.3. The van der Waals surface area contributed by atoms with Crippen molar-refractivity contribution in [2.24, 2.45) is 0 Å². The molecule has 0 aliphatic rings. The van der Waals surface area contributed by atoms with Crippen molar-refractivity contribution in [3.05, 3.63) is 24.3 Å². The molecule has 8 nitrogen and oxygen atoms in total. The number of hydrogen-bond donors (Lipinski definition) is 0. The predicted molar refractivity (Wildman–Crippen MR) is 193 cm³/mol. The predicted octanol–water partition coefficient (Wildman–Crippen LogP) is 4.37. The first-order valence-electron chi connectivity index (χ1n) is 19.6. The van der Waals surface area contributed by atoms with Crippen molar-refractivity contribution in [1.29, 1.82) is 0 Å². The zero-order valence-electron chi connectivity index (χ0n) is 32.8. The Hall–Kier alpha value is 0.530. The van der Waals surface area contributed by atoms with Crippen LogP contribution in [0, 0.1) is 0 Å². The van der Waals surface area contributed by atoms with Crippen LogP contribution in [0.5, 0.6) is 0 Å². The molecule has 0 rings (SSSR count). The Morgan fingerprint density at radius 2 is 0.860 bits per heavy atom. The van der Waals surface area contributed by atoms with E-state index in [2.05, 4.69) is 42.7 Å². The summed E-state index contributed by atoms with van der Waals surface area (Å²) >= 11 is 0. The smallest absolute Gasteiger partial charge is 0.790 e. The topological polar surface area (TPSA) is 125 Å². The molecule has 0 aliphatic carbocycles. The van der Waals surface area contributed by atoms with E-state index in [1.54, 1.807) is 0 Å². The van der Waals surface area contributed by atoms with Crippen LogP contribution in [0.3, 0.4) is 0 Å². The summed E-state index contributed by atoms with van der Waals surface area (Å²) in [5.41, 5.74) is 0. The van der Waals surface area contributed by atoms with E-state index >= 15 is 0 Å². The molecule has 0 saturated carbocycles. The minimum Gasteiger partial charge on any atom is -0.790 e. The van der Waals surface area contributed by atoms with Gasteiger partial charge in [-0.15, -0.1) is 0 Å². The second-order valence-corrected chi connectivity index (χ2v) is 14.4. The van der Waals surface area contributed by atoms with Crippen LogP contribution in [-0.2, 0) is 28.2 Å². The molecule has 0 aliphatic heterocycles. The van der Waals surface area contributed by atoms with E-state index in [0.29, 0.717) is 12.8 Å². The number of allylic oxidation sites excluding steroid dienone is 4. The van der Waals surface area contributed by atoms with Crippen LogP contribution in [-0.4, -0.2) is 31.3 Å². The fraction of sp³-hybridized carbons (Fsp3) is 0.846. The molecule has 0 amide bonds. The summed E-state index contributed by atoms with van der Waals surface area (Å²) in [4.78, 5) is 46.4. The van der Waals surface area contributed by atoms with Crippen LogP contribution < -0.4 is 68.9 Å². The van der Waals surface area contributed by atoms with Gasteiger partial charge >= 0.3 is 71.1 Å². The molecule has 0 fully saturated rings. The summed E-state index contributed by atoms with van der Waals surface area (Å²) in [5.74, 6) is -0.973. The molecule has 0 aromatic heterocycles. The zero-order chi connectivity index (χ0) is 35.4. The number of esters is 2. The maximum absolute atomic E-state index is 12.3. The van der Waals surface area contributed by atoms with Crippen molar-refractivity contribution >= 4 is 19.8 Å². The Bertz CT molecular complexity index is 850. The fourth-order valence-electron chi connectivity index (χ4n) is 5.47. The Kier molecular flexibility index (Phi) is 46.4. The summed E-state index contributed by atoms with van der Waals surface area (Å²) in [5, 5.41) is 0. The Morgan fingerprint density at radius 3 is 1.24 bits per heavy atom. The second-order valence-electron chi connectivity index (χ2n) is 13.2. The molecule has 1 atom stereocenters. The van der Waals surface area contributed by atoms with Crippen LogP contribution in [0.25, 0.3) is 0 Å². The standard InChI is InChI=1S/C39H73O8P.2Na/c1-3-5-7-9-11-13-15-17-19-21-23-25-27-29-31-33-38(40)45-35-37(36-46-48(42,43)44)47-39(41)34-32-30-28-26-24-22-20-18-16-14-12-10-8-6-4-2;;/h17-20,37H,3-16,21-36H2,1-2H3,(H2,42,43,44);;/q;2*+1/p-2/b19-17+,20-18+;;. The summed E-state index contributed by atoms with van der Waals surface area (Å²) in [6, 6.07) is 0. The minimum absolute atomic E-state index is 0. The number of phosphoric ester groups is 1.